The molecule has 2 amide bonds. The molecule has 2 aliphatic heterocycles. The quantitative estimate of drug-likeness (QED) is 0.256. The van der Waals surface area contributed by atoms with Gasteiger partial charge in [-0.1, -0.05) is 18.2 Å². The number of anilines is 2. The van der Waals surface area contributed by atoms with Crippen molar-refractivity contribution in [2.24, 2.45) is 5.92 Å². The van der Waals surface area contributed by atoms with Crippen LogP contribution >= 0.6 is 0 Å². The molecule has 2 saturated heterocycles. The second-order valence-electron chi connectivity index (χ2n) is 8.47. The number of nitro benzene ring substituents is 2. The van der Waals surface area contributed by atoms with Crippen LogP contribution < -0.4 is 19.4 Å². The summed E-state index contributed by atoms with van der Waals surface area (Å²) in [5, 5.41) is 24.5. The van der Waals surface area contributed by atoms with Crippen molar-refractivity contribution >= 4 is 34.6 Å². The Balaban J connectivity index is 1.65. The van der Waals surface area contributed by atoms with Gasteiger partial charge >= 0.3 is 0 Å². The van der Waals surface area contributed by atoms with Crippen LogP contribution in [0, 0.1) is 26.1 Å². The van der Waals surface area contributed by atoms with E-state index >= 15 is 0 Å². The largest absolute Gasteiger partial charge is 0.493 e. The number of fused-ring (bicyclic) bond motifs is 1. The van der Waals surface area contributed by atoms with Gasteiger partial charge < -0.3 is 9.47 Å². The molecule has 13 heteroatoms. The van der Waals surface area contributed by atoms with Crippen molar-refractivity contribution in [3.8, 4) is 11.5 Å². The summed E-state index contributed by atoms with van der Waals surface area (Å²) in [6, 6.07) is 15.0. The number of carbonyl (C=O) groups excluding carboxylic acids is 2. The monoisotopic (exact) mass is 520 g/mol. The van der Waals surface area contributed by atoms with Crippen LogP contribution in [0.3, 0.4) is 0 Å². The highest BCUT2D eigenvalue weighted by atomic mass is 16.7. The molecule has 3 aromatic carbocycles. The molecule has 2 heterocycles. The molecule has 13 nitrogen and oxygen atoms in total. The van der Waals surface area contributed by atoms with Gasteiger partial charge in [0.05, 0.1) is 47.1 Å². The normalized spacial score (nSPS) is 20.4. The fourth-order valence-corrected chi connectivity index (χ4v) is 4.79. The molecule has 0 spiro atoms. The van der Waals surface area contributed by atoms with Crippen LogP contribution in [0.5, 0.6) is 11.5 Å². The highest BCUT2D eigenvalue weighted by Gasteiger charge is 2.61. The molecule has 194 valence electrons. The first-order valence-electron chi connectivity index (χ1n) is 11.3. The summed E-state index contributed by atoms with van der Waals surface area (Å²) < 4.78 is 10.6. The van der Waals surface area contributed by atoms with E-state index in [0.29, 0.717) is 5.69 Å². The summed E-state index contributed by atoms with van der Waals surface area (Å²) in [5.41, 5.74) is 0.106. The summed E-state index contributed by atoms with van der Waals surface area (Å²) in [5.74, 6) is -2.23. The second-order valence-corrected chi connectivity index (χ2v) is 8.47. The molecular formula is C25H20N4O9. The topological polar surface area (TPSA) is 155 Å². The molecule has 3 atom stereocenters. The average Bonchev–Trinajstić information content (AvgIpc) is 3.43. The van der Waals surface area contributed by atoms with Crippen LogP contribution in [0.25, 0.3) is 0 Å². The van der Waals surface area contributed by atoms with Crippen molar-refractivity contribution in [3.05, 3.63) is 92.5 Å². The zero-order chi connectivity index (χ0) is 27.1. The smallest absolute Gasteiger partial charge is 0.278 e. The molecular weight excluding hydrogens is 500 g/mol. The number of hydroxylamine groups is 1. The van der Waals surface area contributed by atoms with Gasteiger partial charge in [0.2, 0.25) is 5.91 Å². The van der Waals surface area contributed by atoms with Gasteiger partial charge in [0.1, 0.15) is 12.0 Å². The number of non-ortho nitro benzene ring substituents is 1. The third kappa shape index (κ3) is 3.85. The van der Waals surface area contributed by atoms with Gasteiger partial charge in [0, 0.05) is 12.1 Å². The standard InChI is InChI=1S/C25H20N4O9/c1-36-19-12-17(18(29(34)35)13-20(19)37-2)22-21-23(38-27(22)15-6-4-3-5-7-15)25(31)26(24(21)30)14-8-10-16(11-9-14)28(32)33/h3-13,21-23H,1-2H3/t21-,22-,23-/m0/s1. The molecule has 3 aromatic rings. The predicted molar refractivity (Wildman–Crippen MR) is 132 cm³/mol. The van der Waals surface area contributed by atoms with E-state index in [-0.39, 0.29) is 34.1 Å². The van der Waals surface area contributed by atoms with Crippen LogP contribution in [0.15, 0.2) is 66.7 Å². The fourth-order valence-electron chi connectivity index (χ4n) is 4.79. The van der Waals surface area contributed by atoms with Gasteiger partial charge in [-0.2, -0.15) is 0 Å². The number of ether oxygens (including phenoxy) is 2. The van der Waals surface area contributed by atoms with E-state index in [1.165, 1.54) is 55.7 Å². The number of imide groups is 1. The Kier molecular flexibility index (Phi) is 6.12. The van der Waals surface area contributed by atoms with Crippen molar-refractivity contribution in [1.29, 1.82) is 0 Å². The molecule has 0 saturated carbocycles. The first-order valence-corrected chi connectivity index (χ1v) is 11.3. The van der Waals surface area contributed by atoms with E-state index in [2.05, 4.69) is 0 Å². The number of hydrogen-bond acceptors (Lipinski definition) is 10. The van der Waals surface area contributed by atoms with Crippen LogP contribution in [0.2, 0.25) is 0 Å². The number of nitro groups is 2. The number of amides is 2. The molecule has 0 bridgehead atoms. The van der Waals surface area contributed by atoms with Gasteiger partial charge in [-0.05, 0) is 30.3 Å². The number of rotatable bonds is 7. The van der Waals surface area contributed by atoms with Crippen LogP contribution in [0.1, 0.15) is 11.6 Å². The van der Waals surface area contributed by atoms with Gasteiger partial charge in [-0.15, -0.1) is 0 Å². The lowest BCUT2D eigenvalue weighted by Crippen LogP contribution is -2.37. The second kappa shape index (κ2) is 9.44. The number of hydrogen-bond donors (Lipinski definition) is 0. The Labute approximate surface area is 215 Å². The minimum absolute atomic E-state index is 0.0794. The third-order valence-corrected chi connectivity index (χ3v) is 6.49. The van der Waals surface area contributed by atoms with Crippen LogP contribution in [-0.4, -0.2) is 42.0 Å². The van der Waals surface area contributed by atoms with E-state index in [1.54, 1.807) is 30.3 Å². The molecule has 38 heavy (non-hydrogen) atoms. The van der Waals surface area contributed by atoms with E-state index < -0.39 is 39.7 Å². The third-order valence-electron chi connectivity index (χ3n) is 6.49. The van der Waals surface area contributed by atoms with Gasteiger partial charge in [-0.3, -0.25) is 34.7 Å². The minimum atomic E-state index is -1.30. The summed E-state index contributed by atoms with van der Waals surface area (Å²) in [6.07, 6.45) is -1.30. The Morgan fingerprint density at radius 3 is 2.03 bits per heavy atom. The summed E-state index contributed by atoms with van der Waals surface area (Å²) in [6.45, 7) is 0. The molecule has 0 aliphatic carbocycles. The summed E-state index contributed by atoms with van der Waals surface area (Å²) >= 11 is 0. The average molecular weight is 520 g/mol. The summed E-state index contributed by atoms with van der Waals surface area (Å²) in [7, 11) is 2.71. The molecule has 0 unspecified atom stereocenters. The lowest BCUT2D eigenvalue weighted by Gasteiger charge is -2.28. The SMILES string of the molecule is COc1cc([C@H]2[C@@H]3C(=O)N(c4ccc([N+](=O)[O-])cc4)C(=O)[C@H]3ON2c2ccccc2)c([N+](=O)[O-])cc1OC. The molecule has 2 fully saturated rings. The minimum Gasteiger partial charge on any atom is -0.493 e. The number of carbonyl (C=O) groups is 2. The van der Waals surface area contributed by atoms with Crippen molar-refractivity contribution in [2.45, 2.75) is 12.1 Å². The van der Waals surface area contributed by atoms with Gasteiger partial charge in [0.15, 0.2) is 17.6 Å². The lowest BCUT2D eigenvalue weighted by atomic mass is 9.89. The molecule has 2 aliphatic rings. The van der Waals surface area contributed by atoms with Crippen molar-refractivity contribution in [3.63, 3.8) is 0 Å². The van der Waals surface area contributed by atoms with Gasteiger partial charge in [-0.25, -0.2) is 9.96 Å². The van der Waals surface area contributed by atoms with Crippen LogP contribution in [-0.2, 0) is 14.4 Å². The first kappa shape index (κ1) is 24.6. The van der Waals surface area contributed by atoms with Crippen molar-refractivity contribution < 1.29 is 33.7 Å². The highest BCUT2D eigenvalue weighted by molar-refractivity contribution is 6.24. The molecule has 5 rings (SSSR count). The van der Waals surface area contributed by atoms with E-state index in [4.69, 9.17) is 14.3 Å². The number of nitrogens with zero attached hydrogens (tertiary/aromatic N) is 4. The number of para-hydroxylation sites is 1. The lowest BCUT2D eigenvalue weighted by molar-refractivity contribution is -0.385. The molecule has 0 radical (unpaired) electrons. The maximum atomic E-state index is 13.8. The van der Waals surface area contributed by atoms with Crippen molar-refractivity contribution in [1.82, 2.24) is 0 Å². The Morgan fingerprint density at radius 1 is 0.816 bits per heavy atom. The van der Waals surface area contributed by atoms with E-state index in [9.17, 15) is 29.8 Å². The first-order chi connectivity index (χ1) is 18.3. The van der Waals surface area contributed by atoms with Crippen LogP contribution in [0.4, 0.5) is 22.7 Å². The number of methoxy groups -OCH3 is 2. The Bertz CT molecular complexity index is 1450. The maximum absolute atomic E-state index is 13.8. The zero-order valence-corrected chi connectivity index (χ0v) is 20.0. The van der Waals surface area contributed by atoms with Gasteiger partial charge in [0.25, 0.3) is 17.3 Å². The zero-order valence-electron chi connectivity index (χ0n) is 20.0. The maximum Gasteiger partial charge on any atom is 0.278 e. The van der Waals surface area contributed by atoms with E-state index in [0.717, 1.165) is 4.90 Å². The fraction of sp³-hybridized carbons (Fsp3) is 0.200. The van der Waals surface area contributed by atoms with E-state index in [1.807, 2.05) is 0 Å². The Hall–Kier alpha value is -5.04. The summed E-state index contributed by atoms with van der Waals surface area (Å²) in [4.78, 5) is 56.1. The predicted octanol–water partition coefficient (Wildman–Crippen LogP) is 3.57. The molecule has 0 aromatic heterocycles. The number of benzene rings is 3. The molecule has 0 N–H and O–H groups in total. The van der Waals surface area contributed by atoms with Crippen molar-refractivity contribution in [2.75, 3.05) is 24.2 Å². The highest BCUT2D eigenvalue weighted by Crippen LogP contribution is 2.51. The Morgan fingerprint density at radius 2 is 1.45 bits per heavy atom.